The Bertz CT molecular complexity index is 517. The van der Waals surface area contributed by atoms with Gasteiger partial charge < -0.3 is 10.4 Å². The molecule has 0 aliphatic rings. The summed E-state index contributed by atoms with van der Waals surface area (Å²) in [6, 6.07) is 6.78. The zero-order chi connectivity index (χ0) is 15.2. The fourth-order valence-corrected chi connectivity index (χ4v) is 2.98. The molecule has 0 radical (unpaired) electrons. The van der Waals surface area contributed by atoms with E-state index in [1.807, 2.05) is 20.8 Å². The van der Waals surface area contributed by atoms with Gasteiger partial charge in [0.1, 0.15) is 4.90 Å². The Morgan fingerprint density at radius 1 is 1.25 bits per heavy atom. The van der Waals surface area contributed by atoms with Gasteiger partial charge in [-0.2, -0.15) is 0 Å². The van der Waals surface area contributed by atoms with Gasteiger partial charge in [-0.25, -0.2) is 13.1 Å². The number of aliphatic hydroxyl groups is 1. The SMILES string of the molecule is CCCNS(=O)(=O)c1ccccc1NC(C)C(C)CO. The van der Waals surface area contributed by atoms with Crippen molar-refractivity contribution < 1.29 is 13.5 Å². The molecule has 0 aromatic heterocycles. The highest BCUT2D eigenvalue weighted by molar-refractivity contribution is 7.89. The summed E-state index contributed by atoms with van der Waals surface area (Å²) < 4.78 is 27.0. The summed E-state index contributed by atoms with van der Waals surface area (Å²) in [4.78, 5) is 0.241. The van der Waals surface area contributed by atoms with Crippen molar-refractivity contribution in [2.45, 2.75) is 38.1 Å². The molecule has 5 nitrogen and oxygen atoms in total. The minimum Gasteiger partial charge on any atom is -0.396 e. The maximum atomic E-state index is 12.2. The Balaban J connectivity index is 2.99. The van der Waals surface area contributed by atoms with Gasteiger partial charge in [-0.05, 0) is 31.4 Å². The van der Waals surface area contributed by atoms with E-state index >= 15 is 0 Å². The molecule has 6 heteroatoms. The number of aliphatic hydroxyl groups excluding tert-OH is 1. The van der Waals surface area contributed by atoms with Gasteiger partial charge in [-0.15, -0.1) is 0 Å². The lowest BCUT2D eigenvalue weighted by Gasteiger charge is -2.22. The van der Waals surface area contributed by atoms with Crippen LogP contribution in [0.3, 0.4) is 0 Å². The van der Waals surface area contributed by atoms with Crippen molar-refractivity contribution in [2.24, 2.45) is 5.92 Å². The van der Waals surface area contributed by atoms with Crippen LogP contribution in [0.2, 0.25) is 0 Å². The van der Waals surface area contributed by atoms with Gasteiger partial charge in [0.15, 0.2) is 0 Å². The number of para-hydroxylation sites is 1. The second-order valence-corrected chi connectivity index (χ2v) is 6.72. The second-order valence-electron chi connectivity index (χ2n) is 4.99. The third-order valence-corrected chi connectivity index (χ3v) is 4.76. The fraction of sp³-hybridized carbons (Fsp3) is 0.571. The maximum Gasteiger partial charge on any atom is 0.242 e. The molecule has 2 unspecified atom stereocenters. The molecular formula is C14H24N2O3S. The van der Waals surface area contributed by atoms with Gasteiger partial charge >= 0.3 is 0 Å². The Hall–Kier alpha value is -1.11. The predicted octanol–water partition coefficient (Wildman–Crippen LogP) is 1.80. The zero-order valence-corrected chi connectivity index (χ0v) is 13.1. The Kier molecular flexibility index (Phi) is 6.45. The summed E-state index contributed by atoms with van der Waals surface area (Å²) in [5.74, 6) is 0.0364. The smallest absolute Gasteiger partial charge is 0.242 e. The van der Waals surface area contributed by atoms with Crippen LogP contribution < -0.4 is 10.0 Å². The lowest BCUT2D eigenvalue weighted by Crippen LogP contribution is -2.29. The van der Waals surface area contributed by atoms with Crippen LogP contribution in [-0.2, 0) is 10.0 Å². The average Bonchev–Trinajstić information content (AvgIpc) is 2.44. The Morgan fingerprint density at radius 2 is 1.90 bits per heavy atom. The second kappa shape index (κ2) is 7.61. The van der Waals surface area contributed by atoms with Crippen molar-refractivity contribution in [1.29, 1.82) is 0 Å². The molecule has 114 valence electrons. The fourth-order valence-electron chi connectivity index (χ4n) is 1.68. The quantitative estimate of drug-likeness (QED) is 0.684. The van der Waals surface area contributed by atoms with E-state index in [0.29, 0.717) is 12.2 Å². The first-order chi connectivity index (χ1) is 9.42. The van der Waals surface area contributed by atoms with E-state index in [9.17, 15) is 8.42 Å². The van der Waals surface area contributed by atoms with Crippen LogP contribution in [0.1, 0.15) is 27.2 Å². The number of rotatable bonds is 8. The third kappa shape index (κ3) is 4.47. The number of hydrogen-bond donors (Lipinski definition) is 3. The van der Waals surface area contributed by atoms with E-state index in [2.05, 4.69) is 10.0 Å². The normalized spacial score (nSPS) is 14.8. The average molecular weight is 300 g/mol. The highest BCUT2D eigenvalue weighted by Crippen LogP contribution is 2.22. The van der Waals surface area contributed by atoms with Gasteiger partial charge in [-0.3, -0.25) is 0 Å². The summed E-state index contributed by atoms with van der Waals surface area (Å²) in [6.45, 7) is 6.21. The molecule has 1 rings (SSSR count). The molecule has 0 aliphatic heterocycles. The van der Waals surface area contributed by atoms with Gasteiger partial charge in [0.2, 0.25) is 10.0 Å². The van der Waals surface area contributed by atoms with Crippen LogP contribution in [0, 0.1) is 5.92 Å². The Labute approximate surface area is 121 Å². The van der Waals surface area contributed by atoms with Gasteiger partial charge in [0.25, 0.3) is 0 Å². The lowest BCUT2D eigenvalue weighted by atomic mass is 10.0. The van der Waals surface area contributed by atoms with Crippen molar-refractivity contribution in [3.8, 4) is 0 Å². The van der Waals surface area contributed by atoms with Gasteiger partial charge in [-0.1, -0.05) is 26.0 Å². The summed E-state index contributed by atoms with van der Waals surface area (Å²) in [7, 11) is -3.51. The first kappa shape index (κ1) is 16.9. The summed E-state index contributed by atoms with van der Waals surface area (Å²) >= 11 is 0. The van der Waals surface area contributed by atoms with Crippen molar-refractivity contribution >= 4 is 15.7 Å². The summed E-state index contributed by atoms with van der Waals surface area (Å²) in [5, 5.41) is 12.3. The third-order valence-electron chi connectivity index (χ3n) is 3.24. The molecule has 1 aromatic rings. The molecule has 0 spiro atoms. The predicted molar refractivity (Wildman–Crippen MR) is 81.3 cm³/mol. The molecule has 0 fully saturated rings. The highest BCUT2D eigenvalue weighted by atomic mass is 32.2. The molecule has 0 saturated carbocycles. The van der Waals surface area contributed by atoms with Crippen molar-refractivity contribution in [2.75, 3.05) is 18.5 Å². The molecule has 0 saturated heterocycles. The van der Waals surface area contributed by atoms with Crippen LogP contribution >= 0.6 is 0 Å². The van der Waals surface area contributed by atoms with Gasteiger partial charge in [0, 0.05) is 19.2 Å². The first-order valence-electron chi connectivity index (χ1n) is 6.88. The molecule has 2 atom stereocenters. The van der Waals surface area contributed by atoms with E-state index in [1.165, 1.54) is 0 Å². The summed E-state index contributed by atoms with van der Waals surface area (Å²) in [5.41, 5.74) is 0.559. The van der Waals surface area contributed by atoms with Crippen LogP contribution in [0.5, 0.6) is 0 Å². The number of benzene rings is 1. The largest absolute Gasteiger partial charge is 0.396 e. The summed E-state index contributed by atoms with van der Waals surface area (Å²) in [6.07, 6.45) is 0.743. The molecule has 3 N–H and O–H groups in total. The molecule has 1 aromatic carbocycles. The van der Waals surface area contributed by atoms with E-state index in [4.69, 9.17) is 5.11 Å². The van der Waals surface area contributed by atoms with Crippen molar-refractivity contribution in [1.82, 2.24) is 4.72 Å². The molecule has 0 bridgehead atoms. The zero-order valence-electron chi connectivity index (χ0n) is 12.3. The Morgan fingerprint density at radius 3 is 2.50 bits per heavy atom. The van der Waals surface area contributed by atoms with Crippen LogP contribution in [-0.4, -0.2) is 32.7 Å². The van der Waals surface area contributed by atoms with Crippen LogP contribution in [0.15, 0.2) is 29.2 Å². The van der Waals surface area contributed by atoms with Gasteiger partial charge in [0.05, 0.1) is 5.69 Å². The number of hydrogen-bond acceptors (Lipinski definition) is 4. The first-order valence-corrected chi connectivity index (χ1v) is 8.36. The van der Waals surface area contributed by atoms with E-state index in [-0.39, 0.29) is 23.5 Å². The minimum atomic E-state index is -3.51. The lowest BCUT2D eigenvalue weighted by molar-refractivity contribution is 0.226. The molecule has 0 heterocycles. The number of anilines is 1. The van der Waals surface area contributed by atoms with Crippen molar-refractivity contribution in [3.63, 3.8) is 0 Å². The van der Waals surface area contributed by atoms with Crippen LogP contribution in [0.4, 0.5) is 5.69 Å². The van der Waals surface area contributed by atoms with E-state index in [0.717, 1.165) is 6.42 Å². The molecule has 20 heavy (non-hydrogen) atoms. The molecule has 0 aliphatic carbocycles. The maximum absolute atomic E-state index is 12.2. The van der Waals surface area contributed by atoms with Crippen LogP contribution in [0.25, 0.3) is 0 Å². The number of sulfonamides is 1. The standard InChI is InChI=1S/C14H24N2O3S/c1-4-9-15-20(18,19)14-8-6-5-7-13(14)16-12(3)11(2)10-17/h5-8,11-12,15-17H,4,9-10H2,1-3H3. The van der Waals surface area contributed by atoms with Crippen molar-refractivity contribution in [3.05, 3.63) is 24.3 Å². The van der Waals surface area contributed by atoms with E-state index < -0.39 is 10.0 Å². The molecule has 0 amide bonds. The number of nitrogens with one attached hydrogen (secondary N) is 2. The minimum absolute atomic E-state index is 0.0254. The molecular weight excluding hydrogens is 276 g/mol. The van der Waals surface area contributed by atoms with E-state index in [1.54, 1.807) is 24.3 Å². The topological polar surface area (TPSA) is 78.4 Å². The monoisotopic (exact) mass is 300 g/mol. The highest BCUT2D eigenvalue weighted by Gasteiger charge is 2.19.